The van der Waals surface area contributed by atoms with Gasteiger partial charge in [-0.2, -0.15) is 0 Å². The maximum Gasteiger partial charge on any atom is 0.221 e. The molecule has 1 heterocycles. The zero-order valence-electron chi connectivity index (χ0n) is 13.2. The molecular formula is C16H13Cl2FN2O4. The van der Waals surface area contributed by atoms with Gasteiger partial charge in [-0.25, -0.2) is 9.37 Å². The highest BCUT2D eigenvalue weighted by atomic mass is 35.5. The SMILES string of the molecule is COc1c(Cl)ccc(-c2cc(NC(C)=O)c(Cl)c(C(=O)CO)n2)c1F. The fourth-order valence-corrected chi connectivity index (χ4v) is 2.60. The van der Waals surface area contributed by atoms with Crippen LogP contribution in [0.25, 0.3) is 11.3 Å². The summed E-state index contributed by atoms with van der Waals surface area (Å²) in [5.41, 5.74) is -0.239. The molecule has 0 bridgehead atoms. The summed E-state index contributed by atoms with van der Waals surface area (Å²) in [5, 5.41) is 11.4. The van der Waals surface area contributed by atoms with Gasteiger partial charge in [-0.05, 0) is 18.2 Å². The molecule has 0 aliphatic rings. The summed E-state index contributed by atoms with van der Waals surface area (Å²) in [6.07, 6.45) is 0. The number of carbonyl (C=O) groups excluding carboxylic acids is 2. The molecule has 6 nitrogen and oxygen atoms in total. The van der Waals surface area contributed by atoms with Crippen LogP contribution in [0.3, 0.4) is 0 Å². The van der Waals surface area contributed by atoms with E-state index in [1.165, 1.54) is 32.2 Å². The van der Waals surface area contributed by atoms with Crippen LogP contribution in [0.1, 0.15) is 17.4 Å². The first-order chi connectivity index (χ1) is 11.8. The molecule has 0 radical (unpaired) electrons. The maximum absolute atomic E-state index is 14.6. The number of halogens is 3. The minimum atomic E-state index is -0.845. The number of amides is 1. The van der Waals surface area contributed by atoms with Crippen molar-refractivity contribution in [2.45, 2.75) is 6.92 Å². The lowest BCUT2D eigenvalue weighted by Gasteiger charge is -2.13. The zero-order chi connectivity index (χ0) is 18.7. The third-order valence-electron chi connectivity index (χ3n) is 3.21. The van der Waals surface area contributed by atoms with Crippen LogP contribution in [0.15, 0.2) is 18.2 Å². The van der Waals surface area contributed by atoms with E-state index in [4.69, 9.17) is 33.0 Å². The highest BCUT2D eigenvalue weighted by molar-refractivity contribution is 6.36. The van der Waals surface area contributed by atoms with Gasteiger partial charge in [0.15, 0.2) is 11.6 Å². The smallest absolute Gasteiger partial charge is 0.221 e. The minimum absolute atomic E-state index is 0.0115. The molecule has 0 spiro atoms. The molecule has 0 atom stereocenters. The Morgan fingerprint density at radius 2 is 2.04 bits per heavy atom. The number of benzene rings is 1. The lowest BCUT2D eigenvalue weighted by molar-refractivity contribution is -0.114. The van der Waals surface area contributed by atoms with E-state index >= 15 is 0 Å². The van der Waals surface area contributed by atoms with Gasteiger partial charge in [0.25, 0.3) is 0 Å². The molecule has 1 amide bonds. The highest BCUT2D eigenvalue weighted by Gasteiger charge is 2.21. The Labute approximate surface area is 152 Å². The van der Waals surface area contributed by atoms with Gasteiger partial charge in [-0.15, -0.1) is 0 Å². The maximum atomic E-state index is 14.6. The Morgan fingerprint density at radius 3 is 2.60 bits per heavy atom. The number of aromatic nitrogens is 1. The number of hydrogen-bond acceptors (Lipinski definition) is 5. The van der Waals surface area contributed by atoms with Crippen molar-refractivity contribution in [3.63, 3.8) is 0 Å². The van der Waals surface area contributed by atoms with Crippen molar-refractivity contribution in [1.29, 1.82) is 0 Å². The number of aliphatic hydroxyl groups is 1. The minimum Gasteiger partial charge on any atom is -0.492 e. The van der Waals surface area contributed by atoms with Crippen LogP contribution in [-0.4, -0.2) is 35.5 Å². The lowest BCUT2D eigenvalue weighted by atomic mass is 10.1. The first kappa shape index (κ1) is 19.1. The third-order valence-corrected chi connectivity index (χ3v) is 3.89. The summed E-state index contributed by atoms with van der Waals surface area (Å²) in [4.78, 5) is 27.2. The molecule has 9 heteroatoms. The first-order valence-corrected chi connectivity index (χ1v) is 7.70. The molecule has 2 aromatic rings. The molecule has 0 fully saturated rings. The fraction of sp³-hybridized carbons (Fsp3) is 0.188. The number of ketones is 1. The van der Waals surface area contributed by atoms with Gasteiger partial charge in [-0.3, -0.25) is 9.59 Å². The van der Waals surface area contributed by atoms with Crippen LogP contribution in [-0.2, 0) is 4.79 Å². The Hall–Kier alpha value is -2.22. The molecule has 0 saturated carbocycles. The van der Waals surface area contributed by atoms with Crippen LogP contribution >= 0.6 is 23.2 Å². The zero-order valence-corrected chi connectivity index (χ0v) is 14.7. The number of nitrogens with zero attached hydrogens (tertiary/aromatic N) is 1. The van der Waals surface area contributed by atoms with Crippen LogP contribution in [0.5, 0.6) is 5.75 Å². The number of aliphatic hydroxyl groups excluding tert-OH is 1. The number of Topliss-reactive ketones (excluding diaryl/α,β-unsaturated/α-hetero) is 1. The number of pyridine rings is 1. The van der Waals surface area contributed by atoms with Crippen molar-refractivity contribution >= 4 is 40.6 Å². The van der Waals surface area contributed by atoms with E-state index in [1.807, 2.05) is 0 Å². The predicted octanol–water partition coefficient (Wildman–Crippen LogP) is 3.34. The molecule has 1 aromatic heterocycles. The molecule has 1 aromatic carbocycles. The Balaban J connectivity index is 2.73. The number of hydrogen-bond donors (Lipinski definition) is 2. The second-order valence-electron chi connectivity index (χ2n) is 4.92. The van der Waals surface area contributed by atoms with Gasteiger partial charge >= 0.3 is 0 Å². The van der Waals surface area contributed by atoms with Crippen molar-refractivity contribution < 1.29 is 23.8 Å². The van der Waals surface area contributed by atoms with E-state index in [1.54, 1.807) is 0 Å². The Kier molecular flexibility index (Phi) is 5.94. The number of ether oxygens (including phenoxy) is 1. The van der Waals surface area contributed by atoms with E-state index in [0.29, 0.717) is 0 Å². The van der Waals surface area contributed by atoms with E-state index < -0.39 is 24.1 Å². The summed E-state index contributed by atoms with van der Waals surface area (Å²) in [6.45, 7) is 0.401. The van der Waals surface area contributed by atoms with Gasteiger partial charge in [0.1, 0.15) is 12.3 Å². The normalized spacial score (nSPS) is 10.5. The molecule has 2 N–H and O–H groups in total. The van der Waals surface area contributed by atoms with E-state index in [2.05, 4.69) is 10.3 Å². The molecule has 2 rings (SSSR count). The summed E-state index contributed by atoms with van der Waals surface area (Å²) in [7, 11) is 1.26. The van der Waals surface area contributed by atoms with Gasteiger partial charge in [0.05, 0.1) is 28.5 Å². The molecule has 0 unspecified atom stereocenters. The fourth-order valence-electron chi connectivity index (χ4n) is 2.13. The van der Waals surface area contributed by atoms with Crippen molar-refractivity contribution in [3.8, 4) is 17.0 Å². The summed E-state index contributed by atoms with van der Waals surface area (Å²) in [5.74, 6) is -2.21. The van der Waals surface area contributed by atoms with Crippen molar-refractivity contribution in [1.82, 2.24) is 4.98 Å². The van der Waals surface area contributed by atoms with Crippen molar-refractivity contribution in [2.24, 2.45) is 0 Å². The molecular weight excluding hydrogens is 374 g/mol. The van der Waals surface area contributed by atoms with Gasteiger partial charge in [0, 0.05) is 12.5 Å². The van der Waals surface area contributed by atoms with Gasteiger partial charge in [-0.1, -0.05) is 23.2 Å². The standard InChI is InChI=1S/C16H13Cl2FN2O4/c1-7(23)20-11-5-10(21-15(13(11)18)12(24)6-22)8-3-4-9(17)16(25-2)14(8)19/h3-5,22H,6H2,1-2H3,(H,20,21,23). The first-order valence-electron chi connectivity index (χ1n) is 6.94. The monoisotopic (exact) mass is 386 g/mol. The number of methoxy groups -OCH3 is 1. The summed E-state index contributed by atoms with van der Waals surface area (Å²) < 4.78 is 19.5. The largest absolute Gasteiger partial charge is 0.492 e. The summed E-state index contributed by atoms with van der Waals surface area (Å²) >= 11 is 11.9. The van der Waals surface area contributed by atoms with Crippen molar-refractivity contribution in [3.05, 3.63) is 39.8 Å². The lowest BCUT2D eigenvalue weighted by Crippen LogP contribution is -2.13. The van der Waals surface area contributed by atoms with Crippen LogP contribution in [0.4, 0.5) is 10.1 Å². The van der Waals surface area contributed by atoms with Crippen molar-refractivity contribution in [2.75, 3.05) is 19.0 Å². The molecule has 0 aliphatic carbocycles. The molecule has 0 saturated heterocycles. The number of rotatable bonds is 5. The summed E-state index contributed by atoms with van der Waals surface area (Å²) in [6, 6.07) is 4.06. The average Bonchev–Trinajstić information content (AvgIpc) is 2.56. The van der Waals surface area contributed by atoms with E-state index in [0.717, 1.165) is 0 Å². The number of carbonyl (C=O) groups is 2. The second kappa shape index (κ2) is 7.77. The van der Waals surface area contributed by atoms with Gasteiger partial charge < -0.3 is 15.2 Å². The average molecular weight is 387 g/mol. The molecule has 25 heavy (non-hydrogen) atoms. The molecule has 132 valence electrons. The highest BCUT2D eigenvalue weighted by Crippen LogP contribution is 2.37. The quantitative estimate of drug-likeness (QED) is 0.769. The Bertz CT molecular complexity index is 859. The van der Waals surface area contributed by atoms with E-state index in [-0.39, 0.29) is 38.4 Å². The predicted molar refractivity (Wildman–Crippen MR) is 91.9 cm³/mol. The number of anilines is 1. The third kappa shape index (κ3) is 3.89. The van der Waals surface area contributed by atoms with Crippen LogP contribution < -0.4 is 10.1 Å². The topological polar surface area (TPSA) is 88.5 Å². The van der Waals surface area contributed by atoms with Crippen LogP contribution in [0, 0.1) is 5.82 Å². The number of nitrogens with one attached hydrogen (secondary N) is 1. The Morgan fingerprint density at radius 1 is 1.36 bits per heavy atom. The molecule has 0 aliphatic heterocycles. The van der Waals surface area contributed by atoms with E-state index in [9.17, 15) is 14.0 Å². The van der Waals surface area contributed by atoms with Gasteiger partial charge in [0.2, 0.25) is 11.7 Å². The second-order valence-corrected chi connectivity index (χ2v) is 5.71. The van der Waals surface area contributed by atoms with Crippen LogP contribution in [0.2, 0.25) is 10.0 Å².